The molecule has 0 aliphatic carbocycles. The van der Waals surface area contributed by atoms with E-state index >= 15 is 0 Å². The maximum atomic E-state index is 11.8. The molecule has 106 valence electrons. The van der Waals surface area contributed by atoms with E-state index in [0.29, 0.717) is 0 Å². The van der Waals surface area contributed by atoms with Crippen molar-refractivity contribution in [2.24, 2.45) is 0 Å². The van der Waals surface area contributed by atoms with E-state index in [2.05, 4.69) is 0 Å². The van der Waals surface area contributed by atoms with E-state index in [-0.39, 0.29) is 23.6 Å². The summed E-state index contributed by atoms with van der Waals surface area (Å²) >= 11 is 0. The summed E-state index contributed by atoms with van der Waals surface area (Å²) in [5, 5.41) is 30.2. The second-order valence-corrected chi connectivity index (χ2v) is 4.07. The van der Waals surface area contributed by atoms with Crippen LogP contribution in [0.4, 0.5) is 11.4 Å². The van der Waals surface area contributed by atoms with Crippen molar-refractivity contribution < 1.29 is 19.7 Å². The van der Waals surface area contributed by atoms with Crippen molar-refractivity contribution in [3.63, 3.8) is 0 Å². The summed E-state index contributed by atoms with van der Waals surface area (Å²) in [7, 11) is 1.20. The monoisotopic (exact) mass is 281 g/mol. The average molecular weight is 281 g/mol. The van der Waals surface area contributed by atoms with Crippen LogP contribution in [-0.2, 0) is 4.79 Å². The number of fused-ring (bicyclic) bond motifs is 1. The van der Waals surface area contributed by atoms with Crippen molar-refractivity contribution in [3.8, 4) is 0 Å². The van der Waals surface area contributed by atoms with E-state index in [1.165, 1.54) is 13.1 Å². The van der Waals surface area contributed by atoms with Gasteiger partial charge in [0.1, 0.15) is 0 Å². The zero-order chi connectivity index (χ0) is 15.0. The van der Waals surface area contributed by atoms with Gasteiger partial charge in [-0.15, -0.1) is 0 Å². The van der Waals surface area contributed by atoms with Gasteiger partial charge < -0.3 is 10.4 Å². The lowest BCUT2D eigenvalue weighted by molar-refractivity contribution is -0.384. The van der Waals surface area contributed by atoms with Gasteiger partial charge in [-0.1, -0.05) is 0 Å². The molecule has 1 heterocycles. The Morgan fingerprint density at radius 3 is 2.60 bits per heavy atom. The Morgan fingerprint density at radius 2 is 2.05 bits per heavy atom. The Hall–Kier alpha value is -2.40. The molecule has 1 amide bonds. The van der Waals surface area contributed by atoms with Crippen LogP contribution in [0, 0.1) is 15.3 Å². The second kappa shape index (κ2) is 4.94. The molecule has 0 radical (unpaired) electrons. The summed E-state index contributed by atoms with van der Waals surface area (Å²) in [4.78, 5) is 34.4. The van der Waals surface area contributed by atoms with Crippen molar-refractivity contribution in [3.05, 3.63) is 39.1 Å². The molecule has 0 fully saturated rings. The van der Waals surface area contributed by atoms with E-state index in [1.807, 2.05) is 0 Å². The molecule has 0 atom stereocenters. The molecule has 10 heteroatoms. The predicted molar refractivity (Wildman–Crippen MR) is 64.5 cm³/mol. The number of hydrogen-bond donors (Lipinski definition) is 1. The Bertz CT molecular complexity index is 601. The number of nitro benzene ring substituents is 1. The number of non-ortho nitro benzene ring substituents is 1. The summed E-state index contributed by atoms with van der Waals surface area (Å²) in [6, 6.07) is 3.39. The number of rotatable bonds is 4. The number of nitro groups is 1. The molecule has 10 nitrogen and oxygen atoms in total. The summed E-state index contributed by atoms with van der Waals surface area (Å²) in [5.41, 5.74) is -0.264. The van der Waals surface area contributed by atoms with Crippen LogP contribution in [0.25, 0.3) is 0 Å². The molecule has 0 saturated carbocycles. The first-order chi connectivity index (χ1) is 9.32. The summed E-state index contributed by atoms with van der Waals surface area (Å²) in [6.07, 6.45) is 0. The molecule has 0 aromatic heterocycles. The minimum absolute atomic E-state index is 0.104. The van der Waals surface area contributed by atoms with Crippen LogP contribution in [0.2, 0.25) is 0 Å². The minimum Gasteiger partial charge on any atom is -0.748 e. The molecule has 1 N–H and O–H groups in total. The van der Waals surface area contributed by atoms with Gasteiger partial charge in [0.05, 0.1) is 22.8 Å². The first-order valence-electron chi connectivity index (χ1n) is 5.34. The Labute approximate surface area is 112 Å². The van der Waals surface area contributed by atoms with Crippen molar-refractivity contribution in [2.45, 2.75) is 0 Å². The van der Waals surface area contributed by atoms with Gasteiger partial charge in [0.2, 0.25) is 0 Å². The molecule has 1 aromatic carbocycles. The van der Waals surface area contributed by atoms with Gasteiger partial charge in [-0.2, -0.15) is 5.34 Å². The highest BCUT2D eigenvalue weighted by Crippen LogP contribution is 2.31. The number of carbonyl (C=O) groups excluding carboxylic acids is 2. The summed E-state index contributed by atoms with van der Waals surface area (Å²) in [6.45, 7) is -0.366. The molecule has 0 bridgehead atoms. The lowest BCUT2D eigenvalue weighted by Crippen LogP contribution is -2.44. The Balaban J connectivity index is 2.38. The highest BCUT2D eigenvalue weighted by atomic mass is 16.8. The summed E-state index contributed by atoms with van der Waals surface area (Å²) in [5.74, 6) is -1.82. The van der Waals surface area contributed by atoms with E-state index in [1.54, 1.807) is 0 Å². The van der Waals surface area contributed by atoms with E-state index in [9.17, 15) is 24.9 Å². The van der Waals surface area contributed by atoms with Gasteiger partial charge in [-0.05, 0) is 6.07 Å². The maximum Gasteiger partial charge on any atom is 0.300 e. The molecule has 0 spiro atoms. The number of hydrogen-bond acceptors (Lipinski definition) is 8. The van der Waals surface area contributed by atoms with Crippen LogP contribution in [0.5, 0.6) is 0 Å². The standard InChI is InChI=1S/C10H9N4O6/c1-11(14(19)20)5-12-8-3-2-6(13(17)18)4-7(8)9(15)10(12)16/h2-4,19H,5H2,1H3/q-1. The SMILES string of the molecule is CN(CN1C(=O)C(=O)c2cc([N+](=O)[O-])ccc21)N([O-])O. The molecule has 0 saturated heterocycles. The van der Waals surface area contributed by atoms with Crippen molar-refractivity contribution >= 4 is 23.1 Å². The third kappa shape index (κ3) is 2.23. The van der Waals surface area contributed by atoms with Crippen LogP contribution >= 0.6 is 0 Å². The number of amides is 1. The van der Waals surface area contributed by atoms with Gasteiger partial charge in [-0.3, -0.25) is 24.6 Å². The molecule has 1 aliphatic rings. The second-order valence-electron chi connectivity index (χ2n) is 4.07. The Morgan fingerprint density at radius 1 is 1.40 bits per heavy atom. The van der Waals surface area contributed by atoms with Gasteiger partial charge in [-0.25, -0.2) is 5.01 Å². The fourth-order valence-corrected chi connectivity index (χ4v) is 1.80. The molecule has 20 heavy (non-hydrogen) atoms. The molecule has 1 aromatic rings. The number of benzene rings is 1. The van der Waals surface area contributed by atoms with Gasteiger partial charge >= 0.3 is 5.91 Å². The number of nitrogens with zero attached hydrogens (tertiary/aromatic N) is 4. The zero-order valence-corrected chi connectivity index (χ0v) is 10.2. The fourth-order valence-electron chi connectivity index (χ4n) is 1.80. The average Bonchev–Trinajstić information content (AvgIpc) is 2.63. The lowest BCUT2D eigenvalue weighted by atomic mass is 10.1. The molecule has 1 aliphatic heterocycles. The van der Waals surface area contributed by atoms with Crippen LogP contribution in [0.15, 0.2) is 18.2 Å². The highest BCUT2D eigenvalue weighted by molar-refractivity contribution is 6.52. The van der Waals surface area contributed by atoms with Crippen molar-refractivity contribution in [1.29, 1.82) is 0 Å². The minimum atomic E-state index is -0.922. The van der Waals surface area contributed by atoms with Crippen molar-refractivity contribution in [2.75, 3.05) is 18.6 Å². The van der Waals surface area contributed by atoms with Gasteiger partial charge in [0.25, 0.3) is 11.5 Å². The van der Waals surface area contributed by atoms with Crippen molar-refractivity contribution in [1.82, 2.24) is 10.3 Å². The third-order valence-electron chi connectivity index (χ3n) is 2.80. The molecule has 2 rings (SSSR count). The highest BCUT2D eigenvalue weighted by Gasteiger charge is 2.37. The normalized spacial score (nSPS) is 14.3. The maximum absolute atomic E-state index is 11.8. The quantitative estimate of drug-likeness (QED) is 0.467. The number of ketones is 1. The van der Waals surface area contributed by atoms with Crippen LogP contribution in [0.1, 0.15) is 10.4 Å². The summed E-state index contributed by atoms with van der Waals surface area (Å²) < 4.78 is 0. The fraction of sp³-hybridized carbons (Fsp3) is 0.200. The van der Waals surface area contributed by atoms with Crippen LogP contribution < -0.4 is 4.90 Å². The van der Waals surface area contributed by atoms with E-state index < -0.39 is 21.9 Å². The van der Waals surface area contributed by atoms with E-state index in [4.69, 9.17) is 5.21 Å². The molecule has 0 unspecified atom stereocenters. The predicted octanol–water partition coefficient (Wildman–Crippen LogP) is 0.117. The largest absolute Gasteiger partial charge is 0.748 e. The van der Waals surface area contributed by atoms with E-state index in [0.717, 1.165) is 22.0 Å². The number of carbonyl (C=O) groups is 2. The zero-order valence-electron chi connectivity index (χ0n) is 10.2. The number of Topliss-reactive ketones (excluding diaryl/α,β-unsaturated/α-hetero) is 1. The smallest absolute Gasteiger partial charge is 0.300 e. The van der Waals surface area contributed by atoms with Gasteiger partial charge in [0.15, 0.2) is 0 Å². The third-order valence-corrected chi connectivity index (χ3v) is 2.80. The number of anilines is 1. The topological polar surface area (TPSA) is 130 Å². The molecular formula is C10H9N4O6-. The Kier molecular flexibility index (Phi) is 3.46. The number of hydrazine groups is 1. The van der Waals surface area contributed by atoms with Gasteiger partial charge in [0, 0.05) is 19.2 Å². The first kappa shape index (κ1) is 14.0. The molecular weight excluding hydrogens is 272 g/mol. The lowest BCUT2D eigenvalue weighted by Gasteiger charge is -2.33. The van der Waals surface area contributed by atoms with Crippen LogP contribution in [-0.4, -0.2) is 45.9 Å². The van der Waals surface area contributed by atoms with Crippen LogP contribution in [0.3, 0.4) is 0 Å². The first-order valence-corrected chi connectivity index (χ1v) is 5.34.